The number of ketones is 1. The maximum atomic E-state index is 11.1. The highest BCUT2D eigenvalue weighted by Gasteiger charge is 2.03. The molecule has 0 aliphatic rings. The average molecular weight is 180 g/mol. The van der Waals surface area contributed by atoms with Crippen molar-refractivity contribution >= 4 is 11.9 Å². The fraction of sp³-hybridized carbons (Fsp3) is 0.300. The molecule has 0 N–H and O–H groups in total. The summed E-state index contributed by atoms with van der Waals surface area (Å²) in [6.07, 6.45) is 3.25. The fourth-order valence-electron chi connectivity index (χ4n) is 0.946. The zero-order chi connectivity index (χ0) is 9.68. The van der Waals surface area contributed by atoms with Gasteiger partial charge in [-0.3, -0.25) is 4.79 Å². The average Bonchev–Trinajstić information content (AvgIpc) is 2.56. The lowest BCUT2D eigenvalue weighted by Crippen LogP contribution is -2.03. The van der Waals surface area contributed by atoms with Gasteiger partial charge in [0.25, 0.3) is 0 Å². The Kier molecular flexibility index (Phi) is 3.46. The van der Waals surface area contributed by atoms with Crippen LogP contribution in [0.2, 0.25) is 0 Å². The summed E-state index contributed by atoms with van der Waals surface area (Å²) in [6, 6.07) is 3.56. The van der Waals surface area contributed by atoms with Crippen molar-refractivity contribution in [2.75, 3.05) is 13.7 Å². The van der Waals surface area contributed by atoms with Crippen LogP contribution >= 0.6 is 0 Å². The Morgan fingerprint density at radius 3 is 2.92 bits per heavy atom. The maximum absolute atomic E-state index is 11.1. The van der Waals surface area contributed by atoms with Crippen LogP contribution in [0.5, 0.6) is 0 Å². The number of Topliss-reactive ketones (excluding diaryl/α,β-unsaturated/α-hetero) is 1. The zero-order valence-corrected chi connectivity index (χ0v) is 7.74. The maximum Gasteiger partial charge on any atom is 0.158 e. The van der Waals surface area contributed by atoms with Gasteiger partial charge >= 0.3 is 0 Å². The van der Waals surface area contributed by atoms with Gasteiger partial charge in [0.2, 0.25) is 0 Å². The van der Waals surface area contributed by atoms with Crippen molar-refractivity contribution in [1.82, 2.24) is 0 Å². The van der Waals surface area contributed by atoms with E-state index in [1.165, 1.54) is 6.92 Å². The van der Waals surface area contributed by atoms with Crippen LogP contribution < -0.4 is 0 Å². The van der Waals surface area contributed by atoms with Gasteiger partial charge in [-0.15, -0.1) is 0 Å². The summed E-state index contributed by atoms with van der Waals surface area (Å²) < 4.78 is 9.96. The smallest absolute Gasteiger partial charge is 0.158 e. The second kappa shape index (κ2) is 4.62. The van der Waals surface area contributed by atoms with E-state index in [0.717, 1.165) is 0 Å². The van der Waals surface area contributed by atoms with Crippen molar-refractivity contribution < 1.29 is 13.9 Å². The molecule has 0 aliphatic carbocycles. The Bertz CT molecular complexity index is 296. The Labute approximate surface area is 77.0 Å². The minimum Gasteiger partial charge on any atom is -0.465 e. The topological polar surface area (TPSA) is 39.4 Å². The second-order valence-electron chi connectivity index (χ2n) is 2.67. The lowest BCUT2D eigenvalue weighted by atomic mass is 10.2. The lowest BCUT2D eigenvalue weighted by molar-refractivity contribution is -0.114. The van der Waals surface area contributed by atoms with Crippen LogP contribution in [0.1, 0.15) is 12.7 Å². The Balaban J connectivity index is 2.80. The normalized spacial score (nSPS) is 11.7. The molecule has 1 aromatic rings. The number of carbonyl (C=O) groups excluding carboxylic acids is 1. The van der Waals surface area contributed by atoms with Gasteiger partial charge in [-0.2, -0.15) is 0 Å². The molecule has 0 saturated carbocycles. The number of furan rings is 1. The minimum absolute atomic E-state index is 0.00162. The third-order valence-corrected chi connectivity index (χ3v) is 1.61. The molecule has 1 heterocycles. The highest BCUT2D eigenvalue weighted by molar-refractivity contribution is 5.97. The minimum atomic E-state index is -0.00162. The van der Waals surface area contributed by atoms with Crippen LogP contribution in [0.25, 0.3) is 6.08 Å². The van der Waals surface area contributed by atoms with Crippen LogP contribution in [-0.2, 0) is 9.53 Å². The molecular weight excluding hydrogens is 168 g/mol. The van der Waals surface area contributed by atoms with Gasteiger partial charge in [0.15, 0.2) is 5.78 Å². The van der Waals surface area contributed by atoms with E-state index in [2.05, 4.69) is 0 Å². The SMILES string of the molecule is COC/C(=C\c1ccco1)C(C)=O. The molecular formula is C10H12O3. The van der Waals surface area contributed by atoms with Crippen LogP contribution in [0.4, 0.5) is 0 Å². The summed E-state index contributed by atoms with van der Waals surface area (Å²) in [7, 11) is 1.55. The summed E-state index contributed by atoms with van der Waals surface area (Å²) in [5.74, 6) is 0.667. The number of hydrogen-bond donors (Lipinski definition) is 0. The molecule has 3 heteroatoms. The molecule has 0 aromatic carbocycles. The van der Waals surface area contributed by atoms with Gasteiger partial charge in [-0.1, -0.05) is 0 Å². The lowest BCUT2D eigenvalue weighted by Gasteiger charge is -1.99. The summed E-state index contributed by atoms with van der Waals surface area (Å²) in [5, 5.41) is 0. The van der Waals surface area contributed by atoms with Crippen LogP contribution in [0.3, 0.4) is 0 Å². The van der Waals surface area contributed by atoms with Gasteiger partial charge < -0.3 is 9.15 Å². The van der Waals surface area contributed by atoms with E-state index in [0.29, 0.717) is 17.9 Å². The highest BCUT2D eigenvalue weighted by atomic mass is 16.5. The fourth-order valence-corrected chi connectivity index (χ4v) is 0.946. The number of carbonyl (C=O) groups is 1. The molecule has 0 aliphatic heterocycles. The third kappa shape index (κ3) is 2.87. The predicted octanol–water partition coefficient (Wildman–Crippen LogP) is 1.90. The molecule has 0 bridgehead atoms. The van der Waals surface area contributed by atoms with Crippen molar-refractivity contribution in [2.45, 2.75) is 6.92 Å². The van der Waals surface area contributed by atoms with E-state index >= 15 is 0 Å². The van der Waals surface area contributed by atoms with Gasteiger partial charge in [0, 0.05) is 12.7 Å². The number of hydrogen-bond acceptors (Lipinski definition) is 3. The molecule has 13 heavy (non-hydrogen) atoms. The van der Waals surface area contributed by atoms with Gasteiger partial charge in [0.05, 0.1) is 12.9 Å². The monoisotopic (exact) mass is 180 g/mol. The predicted molar refractivity (Wildman–Crippen MR) is 49.2 cm³/mol. The summed E-state index contributed by atoms with van der Waals surface area (Å²) in [4.78, 5) is 11.1. The van der Waals surface area contributed by atoms with Crippen molar-refractivity contribution in [2.24, 2.45) is 0 Å². The largest absolute Gasteiger partial charge is 0.465 e. The standard InChI is InChI=1S/C10H12O3/c1-8(11)9(7-12-2)6-10-4-3-5-13-10/h3-6H,7H2,1-2H3/b9-6+. The molecule has 3 nitrogen and oxygen atoms in total. The Morgan fingerprint density at radius 1 is 1.69 bits per heavy atom. The first kappa shape index (κ1) is 9.74. The number of ether oxygens (including phenoxy) is 1. The third-order valence-electron chi connectivity index (χ3n) is 1.61. The molecule has 1 rings (SSSR count). The van der Waals surface area contributed by atoms with Crippen molar-refractivity contribution in [3.8, 4) is 0 Å². The van der Waals surface area contributed by atoms with E-state index in [4.69, 9.17) is 9.15 Å². The highest BCUT2D eigenvalue weighted by Crippen LogP contribution is 2.08. The van der Waals surface area contributed by atoms with Crippen molar-refractivity contribution in [3.63, 3.8) is 0 Å². The molecule has 0 radical (unpaired) electrons. The van der Waals surface area contributed by atoms with Gasteiger partial charge in [-0.25, -0.2) is 0 Å². The molecule has 0 spiro atoms. The molecule has 0 atom stereocenters. The van der Waals surface area contributed by atoms with Crippen LogP contribution in [-0.4, -0.2) is 19.5 Å². The van der Waals surface area contributed by atoms with E-state index in [-0.39, 0.29) is 5.78 Å². The molecule has 1 aromatic heterocycles. The van der Waals surface area contributed by atoms with E-state index in [1.54, 1.807) is 31.6 Å². The summed E-state index contributed by atoms with van der Waals surface area (Å²) in [5.41, 5.74) is 0.609. The van der Waals surface area contributed by atoms with Gasteiger partial charge in [-0.05, 0) is 25.1 Å². The number of rotatable bonds is 4. The molecule has 0 unspecified atom stereocenters. The first-order chi connectivity index (χ1) is 6.24. The molecule has 0 saturated heterocycles. The Morgan fingerprint density at radius 2 is 2.46 bits per heavy atom. The Hall–Kier alpha value is -1.35. The van der Waals surface area contributed by atoms with Gasteiger partial charge in [0.1, 0.15) is 5.76 Å². The van der Waals surface area contributed by atoms with E-state index in [9.17, 15) is 4.79 Å². The number of methoxy groups -OCH3 is 1. The van der Waals surface area contributed by atoms with Crippen LogP contribution in [0.15, 0.2) is 28.4 Å². The van der Waals surface area contributed by atoms with Crippen molar-refractivity contribution in [1.29, 1.82) is 0 Å². The second-order valence-corrected chi connectivity index (χ2v) is 2.67. The molecule has 0 amide bonds. The van der Waals surface area contributed by atoms with Crippen LogP contribution in [0, 0.1) is 0 Å². The van der Waals surface area contributed by atoms with E-state index in [1.807, 2.05) is 0 Å². The zero-order valence-electron chi connectivity index (χ0n) is 7.74. The first-order valence-corrected chi connectivity index (χ1v) is 3.98. The van der Waals surface area contributed by atoms with Crippen molar-refractivity contribution in [3.05, 3.63) is 29.7 Å². The quantitative estimate of drug-likeness (QED) is 0.664. The summed E-state index contributed by atoms with van der Waals surface area (Å²) in [6.45, 7) is 1.82. The summed E-state index contributed by atoms with van der Waals surface area (Å²) >= 11 is 0. The first-order valence-electron chi connectivity index (χ1n) is 3.98. The molecule has 0 fully saturated rings. The van der Waals surface area contributed by atoms with E-state index < -0.39 is 0 Å². The molecule has 70 valence electrons.